The first-order valence-corrected chi connectivity index (χ1v) is 9.40. The molecular formula is C17H25N3O2S. The Bertz CT molecular complexity index is 511. The van der Waals surface area contributed by atoms with Crippen LogP contribution in [0.15, 0.2) is 24.3 Å². The number of rotatable bonds is 6. The van der Waals surface area contributed by atoms with Crippen LogP contribution in [0.25, 0.3) is 0 Å². The van der Waals surface area contributed by atoms with Crippen LogP contribution in [0.1, 0.15) is 24.4 Å². The molecule has 1 aromatic rings. The smallest absolute Gasteiger partial charge is 0.238 e. The minimum atomic E-state index is -0.0462. The highest BCUT2D eigenvalue weighted by atomic mass is 32.2. The molecule has 1 amide bonds. The second-order valence-electron chi connectivity index (χ2n) is 6.05. The van der Waals surface area contributed by atoms with Gasteiger partial charge in [-0.25, -0.2) is 0 Å². The van der Waals surface area contributed by atoms with Gasteiger partial charge in [-0.1, -0.05) is 12.1 Å². The van der Waals surface area contributed by atoms with Crippen molar-refractivity contribution in [1.82, 2.24) is 15.5 Å². The number of hydrogen-bond donors (Lipinski definition) is 2. The lowest BCUT2D eigenvalue weighted by atomic mass is 10.0. The lowest BCUT2D eigenvalue weighted by molar-refractivity contribution is -0.122. The Morgan fingerprint density at radius 2 is 2.13 bits per heavy atom. The molecule has 6 heteroatoms. The molecule has 2 aliphatic heterocycles. The minimum Gasteiger partial charge on any atom is -0.497 e. The summed E-state index contributed by atoms with van der Waals surface area (Å²) in [4.78, 5) is 14.7. The second-order valence-corrected chi connectivity index (χ2v) is 7.08. The maximum Gasteiger partial charge on any atom is 0.238 e. The van der Waals surface area contributed by atoms with Crippen LogP contribution in [0.2, 0.25) is 0 Å². The Labute approximate surface area is 142 Å². The maximum absolute atomic E-state index is 12.3. The van der Waals surface area contributed by atoms with Crippen molar-refractivity contribution in [2.45, 2.75) is 24.9 Å². The van der Waals surface area contributed by atoms with E-state index >= 15 is 0 Å². The van der Waals surface area contributed by atoms with Crippen LogP contribution in [0.4, 0.5) is 0 Å². The van der Waals surface area contributed by atoms with E-state index in [1.54, 1.807) is 18.9 Å². The van der Waals surface area contributed by atoms with Crippen LogP contribution in [-0.4, -0.2) is 55.2 Å². The van der Waals surface area contributed by atoms with Crippen LogP contribution >= 0.6 is 11.8 Å². The number of methoxy groups -OCH3 is 1. The van der Waals surface area contributed by atoms with E-state index in [1.807, 2.05) is 12.1 Å². The van der Waals surface area contributed by atoms with Crippen molar-refractivity contribution in [1.29, 1.82) is 0 Å². The van der Waals surface area contributed by atoms with E-state index in [4.69, 9.17) is 4.74 Å². The van der Waals surface area contributed by atoms with E-state index in [1.165, 1.54) is 18.4 Å². The number of likely N-dealkylation sites (tertiary alicyclic amines) is 1. The third-order valence-corrected chi connectivity index (χ3v) is 5.52. The topological polar surface area (TPSA) is 53.6 Å². The quantitative estimate of drug-likeness (QED) is 0.827. The molecule has 0 bridgehead atoms. The van der Waals surface area contributed by atoms with Crippen LogP contribution < -0.4 is 15.4 Å². The summed E-state index contributed by atoms with van der Waals surface area (Å²) >= 11 is 1.77. The molecule has 2 unspecified atom stereocenters. The first-order chi connectivity index (χ1) is 11.3. The fourth-order valence-electron chi connectivity index (χ4n) is 3.22. The molecule has 5 nitrogen and oxygen atoms in total. The van der Waals surface area contributed by atoms with Gasteiger partial charge in [0.25, 0.3) is 0 Å². The maximum atomic E-state index is 12.3. The molecule has 2 fully saturated rings. The van der Waals surface area contributed by atoms with Gasteiger partial charge in [0.05, 0.1) is 19.2 Å². The SMILES string of the molecule is COc1ccc(C(CNC(=O)C2CSCN2)N2CCCC2)cc1. The molecule has 0 saturated carbocycles. The fourth-order valence-corrected chi connectivity index (χ4v) is 4.16. The third kappa shape index (κ3) is 4.19. The molecule has 1 aromatic carbocycles. The van der Waals surface area contributed by atoms with Crippen molar-refractivity contribution in [3.05, 3.63) is 29.8 Å². The molecule has 126 valence electrons. The summed E-state index contributed by atoms with van der Waals surface area (Å²) < 4.78 is 5.25. The number of benzene rings is 1. The molecule has 2 saturated heterocycles. The number of carbonyl (C=O) groups excluding carboxylic acids is 1. The summed E-state index contributed by atoms with van der Waals surface area (Å²) in [7, 11) is 1.68. The van der Waals surface area contributed by atoms with E-state index in [9.17, 15) is 4.79 Å². The molecule has 2 atom stereocenters. The molecule has 23 heavy (non-hydrogen) atoms. The summed E-state index contributed by atoms with van der Waals surface area (Å²) in [5, 5.41) is 6.37. The van der Waals surface area contributed by atoms with Gasteiger partial charge in [-0.3, -0.25) is 15.0 Å². The van der Waals surface area contributed by atoms with Crippen molar-refractivity contribution in [2.24, 2.45) is 0 Å². The first-order valence-electron chi connectivity index (χ1n) is 8.25. The highest BCUT2D eigenvalue weighted by Crippen LogP contribution is 2.26. The van der Waals surface area contributed by atoms with Gasteiger partial charge in [-0.2, -0.15) is 0 Å². The van der Waals surface area contributed by atoms with Gasteiger partial charge in [0.15, 0.2) is 0 Å². The van der Waals surface area contributed by atoms with Crippen LogP contribution in [0.5, 0.6) is 5.75 Å². The van der Waals surface area contributed by atoms with Crippen molar-refractivity contribution >= 4 is 17.7 Å². The van der Waals surface area contributed by atoms with Crippen LogP contribution in [0.3, 0.4) is 0 Å². The van der Waals surface area contributed by atoms with E-state index in [0.717, 1.165) is 30.5 Å². The lowest BCUT2D eigenvalue weighted by Crippen LogP contribution is -2.45. The zero-order valence-corrected chi connectivity index (χ0v) is 14.4. The highest BCUT2D eigenvalue weighted by Gasteiger charge is 2.27. The molecule has 0 aliphatic carbocycles. The van der Waals surface area contributed by atoms with E-state index < -0.39 is 0 Å². The number of nitrogens with one attached hydrogen (secondary N) is 2. The standard InChI is InChI=1S/C17H25N3O2S/c1-22-14-6-4-13(5-7-14)16(20-8-2-3-9-20)10-18-17(21)15-11-23-12-19-15/h4-7,15-16,19H,2-3,8-12H2,1H3,(H,18,21). The normalized spacial score (nSPS) is 22.9. The highest BCUT2D eigenvalue weighted by molar-refractivity contribution is 7.99. The van der Waals surface area contributed by atoms with Crippen molar-refractivity contribution in [3.8, 4) is 5.75 Å². The molecule has 3 rings (SSSR count). The zero-order chi connectivity index (χ0) is 16.1. The molecule has 0 aromatic heterocycles. The summed E-state index contributed by atoms with van der Waals surface area (Å²) in [5.41, 5.74) is 1.24. The van der Waals surface area contributed by atoms with Crippen molar-refractivity contribution in [3.63, 3.8) is 0 Å². The van der Waals surface area contributed by atoms with Gasteiger partial charge in [0, 0.05) is 18.2 Å². The summed E-state index contributed by atoms with van der Waals surface area (Å²) in [6.07, 6.45) is 2.48. The van der Waals surface area contributed by atoms with E-state index in [-0.39, 0.29) is 18.0 Å². The monoisotopic (exact) mass is 335 g/mol. The molecule has 0 spiro atoms. The van der Waals surface area contributed by atoms with Gasteiger partial charge in [-0.05, 0) is 43.6 Å². The summed E-state index contributed by atoms with van der Waals surface area (Å²) in [6.45, 7) is 2.86. The van der Waals surface area contributed by atoms with Gasteiger partial charge < -0.3 is 10.1 Å². The first kappa shape index (κ1) is 16.6. The Morgan fingerprint density at radius 3 is 2.74 bits per heavy atom. The van der Waals surface area contributed by atoms with Crippen LogP contribution in [0, 0.1) is 0 Å². The predicted molar refractivity (Wildman–Crippen MR) is 93.8 cm³/mol. The van der Waals surface area contributed by atoms with Gasteiger partial charge in [0.1, 0.15) is 5.75 Å². The average molecular weight is 335 g/mol. The Morgan fingerprint density at radius 1 is 1.39 bits per heavy atom. The largest absolute Gasteiger partial charge is 0.497 e. The van der Waals surface area contributed by atoms with Crippen molar-refractivity contribution in [2.75, 3.05) is 38.4 Å². The molecule has 2 heterocycles. The predicted octanol–water partition coefficient (Wildman–Crippen LogP) is 1.61. The number of amides is 1. The van der Waals surface area contributed by atoms with E-state index in [2.05, 4.69) is 27.7 Å². The summed E-state index contributed by atoms with van der Waals surface area (Å²) in [5.74, 6) is 2.72. The number of carbonyl (C=O) groups is 1. The van der Waals surface area contributed by atoms with Crippen molar-refractivity contribution < 1.29 is 9.53 Å². The van der Waals surface area contributed by atoms with Gasteiger partial charge >= 0.3 is 0 Å². The van der Waals surface area contributed by atoms with Gasteiger partial charge in [-0.15, -0.1) is 11.8 Å². The molecular weight excluding hydrogens is 310 g/mol. The lowest BCUT2D eigenvalue weighted by Gasteiger charge is -2.28. The molecule has 2 aliphatic rings. The second kappa shape index (κ2) is 8.04. The fraction of sp³-hybridized carbons (Fsp3) is 0.588. The minimum absolute atomic E-state index is 0.0462. The molecule has 0 radical (unpaired) electrons. The molecule has 2 N–H and O–H groups in total. The zero-order valence-electron chi connectivity index (χ0n) is 13.6. The number of thioether (sulfide) groups is 1. The van der Waals surface area contributed by atoms with E-state index in [0.29, 0.717) is 6.54 Å². The number of ether oxygens (including phenoxy) is 1. The van der Waals surface area contributed by atoms with Gasteiger partial charge in [0.2, 0.25) is 5.91 Å². The summed E-state index contributed by atoms with van der Waals surface area (Å²) in [6, 6.07) is 8.40. The average Bonchev–Trinajstić information content (AvgIpc) is 3.29. The Balaban J connectivity index is 1.66. The Hall–Kier alpha value is -1.24. The van der Waals surface area contributed by atoms with Crippen LogP contribution in [-0.2, 0) is 4.79 Å². The number of hydrogen-bond acceptors (Lipinski definition) is 5. The third-order valence-electron chi connectivity index (χ3n) is 4.58. The Kier molecular flexibility index (Phi) is 5.80. The number of nitrogens with zero attached hydrogens (tertiary/aromatic N) is 1.